The Kier molecular flexibility index (Phi) is 19.4. The van der Waals surface area contributed by atoms with Crippen molar-refractivity contribution in [1.82, 2.24) is 0 Å². The number of hydrogen-bond acceptors (Lipinski definition) is 8. The van der Waals surface area contributed by atoms with Crippen LogP contribution in [-0.4, -0.2) is 61.2 Å². The Bertz CT molecular complexity index is 858. The van der Waals surface area contributed by atoms with Crippen LogP contribution in [0, 0.1) is 0 Å². The molecule has 1 saturated carbocycles. The zero-order valence-electron chi connectivity index (χ0n) is 25.7. The third-order valence-corrected chi connectivity index (χ3v) is 10.2. The van der Waals surface area contributed by atoms with Crippen LogP contribution in [0.15, 0.2) is 18.2 Å². The highest BCUT2D eigenvalue weighted by atomic mass is 32.2. The topological polar surface area (TPSA) is 82.1 Å². The summed E-state index contributed by atoms with van der Waals surface area (Å²) in [4.78, 5) is 23.5. The second-order valence-corrected chi connectivity index (χ2v) is 13.3. The van der Waals surface area contributed by atoms with Crippen molar-refractivity contribution < 1.29 is 28.9 Å². The monoisotopic (exact) mass is 610 g/mol. The summed E-state index contributed by atoms with van der Waals surface area (Å²) in [5, 5.41) is 11.1. The number of methoxy groups -OCH3 is 2. The van der Waals surface area contributed by atoms with Gasteiger partial charge in [-0.15, -0.1) is 11.8 Å². The van der Waals surface area contributed by atoms with E-state index in [2.05, 4.69) is 25.1 Å². The molecule has 2 rings (SSSR count). The predicted octanol–water partition coefficient (Wildman–Crippen LogP) is 8.25. The van der Waals surface area contributed by atoms with Crippen molar-refractivity contribution in [1.29, 1.82) is 0 Å². The van der Waals surface area contributed by atoms with Gasteiger partial charge in [-0.2, -0.15) is 11.8 Å². The van der Waals surface area contributed by atoms with Crippen molar-refractivity contribution in [2.75, 3.05) is 38.1 Å². The van der Waals surface area contributed by atoms with Gasteiger partial charge in [-0.1, -0.05) is 95.8 Å². The summed E-state index contributed by atoms with van der Waals surface area (Å²) in [5.74, 6) is 1.94. The van der Waals surface area contributed by atoms with Gasteiger partial charge in [0.15, 0.2) is 0 Å². The van der Waals surface area contributed by atoms with Crippen LogP contribution in [0.2, 0.25) is 0 Å². The molecule has 1 aliphatic rings. The number of carbonyl (C=O) groups excluding carboxylic acids is 2. The second kappa shape index (κ2) is 22.2. The van der Waals surface area contributed by atoms with E-state index in [4.69, 9.17) is 14.2 Å². The third-order valence-electron chi connectivity index (χ3n) is 7.84. The largest absolute Gasteiger partial charge is 0.493 e. The van der Waals surface area contributed by atoms with E-state index in [1.807, 2.05) is 0 Å². The van der Waals surface area contributed by atoms with Crippen LogP contribution < -0.4 is 4.74 Å². The highest BCUT2D eigenvalue weighted by molar-refractivity contribution is 8.00. The molecule has 0 bridgehead atoms. The number of carbonyl (C=O) groups is 2. The lowest BCUT2D eigenvalue weighted by molar-refractivity contribution is -0.140. The average molecular weight is 611 g/mol. The summed E-state index contributed by atoms with van der Waals surface area (Å²) < 4.78 is 16.2. The minimum absolute atomic E-state index is 0.192. The number of ether oxygens (including phenoxy) is 3. The molecule has 8 heteroatoms. The Morgan fingerprint density at radius 2 is 1.56 bits per heavy atom. The fourth-order valence-corrected chi connectivity index (χ4v) is 7.66. The molecule has 1 fully saturated rings. The van der Waals surface area contributed by atoms with Crippen LogP contribution in [0.5, 0.6) is 5.75 Å². The molecule has 0 aliphatic heterocycles. The summed E-state index contributed by atoms with van der Waals surface area (Å²) >= 11 is 2.92. The van der Waals surface area contributed by atoms with E-state index in [9.17, 15) is 14.7 Å². The molecule has 0 amide bonds. The summed E-state index contributed by atoms with van der Waals surface area (Å²) in [5.41, 5.74) is 2.24. The van der Waals surface area contributed by atoms with Gasteiger partial charge in [-0.05, 0) is 30.7 Å². The molecule has 0 saturated heterocycles. The molecule has 1 aromatic rings. The summed E-state index contributed by atoms with van der Waals surface area (Å²) in [7, 11) is 2.77. The lowest BCUT2D eigenvalue weighted by Gasteiger charge is -2.27. The zero-order chi connectivity index (χ0) is 29.7. The minimum Gasteiger partial charge on any atom is -0.493 e. The number of unbranched alkanes of at least 4 members (excludes halogenated alkanes) is 9. The predicted molar refractivity (Wildman–Crippen MR) is 172 cm³/mol. The van der Waals surface area contributed by atoms with Crippen molar-refractivity contribution in [2.45, 2.75) is 121 Å². The van der Waals surface area contributed by atoms with Crippen molar-refractivity contribution in [3.05, 3.63) is 29.3 Å². The van der Waals surface area contributed by atoms with Gasteiger partial charge in [0.25, 0.3) is 0 Å². The van der Waals surface area contributed by atoms with Gasteiger partial charge in [0, 0.05) is 17.1 Å². The Labute approximate surface area is 257 Å². The molecule has 0 heterocycles. The highest BCUT2D eigenvalue weighted by Gasteiger charge is 2.29. The first kappa shape index (κ1) is 35.8. The molecular formula is C33H54O6S2. The van der Waals surface area contributed by atoms with Crippen molar-refractivity contribution in [3.63, 3.8) is 0 Å². The maximum absolute atomic E-state index is 11.8. The van der Waals surface area contributed by atoms with Crippen LogP contribution >= 0.6 is 23.5 Å². The van der Waals surface area contributed by atoms with E-state index in [-0.39, 0.29) is 29.4 Å². The standard InChI is InChI=1S/C33H54O6S2/c1-4-5-6-7-8-9-10-11-12-15-22-39-32-27(26-17-13-14-18-26)19-16-20-28(32)33(41-23-21-30(35)37-2)29(34)24-40-25-31(36)38-3/h16,19-20,26,29,33-34H,4-15,17-18,21-25H2,1-3H3. The molecule has 0 spiro atoms. The maximum Gasteiger partial charge on any atom is 0.315 e. The number of hydrogen-bond donors (Lipinski definition) is 1. The molecule has 2 atom stereocenters. The average Bonchev–Trinajstić information content (AvgIpc) is 3.53. The van der Waals surface area contributed by atoms with Crippen molar-refractivity contribution in [3.8, 4) is 5.75 Å². The molecule has 234 valence electrons. The van der Waals surface area contributed by atoms with Gasteiger partial charge in [0.05, 0.1) is 44.4 Å². The van der Waals surface area contributed by atoms with Crippen LogP contribution in [0.1, 0.15) is 126 Å². The molecule has 2 unspecified atom stereocenters. The molecule has 6 nitrogen and oxygen atoms in total. The van der Waals surface area contributed by atoms with Crippen LogP contribution in [0.25, 0.3) is 0 Å². The summed E-state index contributed by atoms with van der Waals surface area (Å²) in [6.07, 6.45) is 17.1. The molecule has 0 aromatic heterocycles. The number of rotatable bonds is 23. The summed E-state index contributed by atoms with van der Waals surface area (Å²) in [6.45, 7) is 2.93. The fourth-order valence-electron chi connectivity index (χ4n) is 5.47. The second-order valence-electron chi connectivity index (χ2n) is 11.1. The van der Waals surface area contributed by atoms with Gasteiger partial charge in [0.1, 0.15) is 5.75 Å². The number of benzene rings is 1. The number of aliphatic hydroxyl groups is 1. The molecule has 1 aromatic carbocycles. The van der Waals surface area contributed by atoms with Gasteiger partial charge >= 0.3 is 11.9 Å². The third kappa shape index (κ3) is 14.1. The number of esters is 2. The van der Waals surface area contributed by atoms with E-state index < -0.39 is 6.10 Å². The first-order chi connectivity index (χ1) is 20.0. The lowest BCUT2D eigenvalue weighted by Crippen LogP contribution is -2.22. The Balaban J connectivity index is 2.08. The SMILES string of the molecule is CCCCCCCCCCCCOc1c(C2CCCC2)cccc1C(SCCC(=O)OC)C(O)CSCC(=O)OC. The van der Waals surface area contributed by atoms with Crippen LogP contribution in [0.4, 0.5) is 0 Å². The Morgan fingerprint density at radius 3 is 2.20 bits per heavy atom. The van der Waals surface area contributed by atoms with E-state index in [0.29, 0.717) is 24.0 Å². The Morgan fingerprint density at radius 1 is 0.927 bits per heavy atom. The zero-order valence-corrected chi connectivity index (χ0v) is 27.3. The van der Waals surface area contributed by atoms with Gasteiger partial charge < -0.3 is 19.3 Å². The fraction of sp³-hybridized carbons (Fsp3) is 0.758. The van der Waals surface area contributed by atoms with E-state index in [1.54, 1.807) is 11.8 Å². The molecule has 1 N–H and O–H groups in total. The van der Waals surface area contributed by atoms with Gasteiger partial charge in [0.2, 0.25) is 0 Å². The van der Waals surface area contributed by atoms with Crippen LogP contribution in [0.3, 0.4) is 0 Å². The highest BCUT2D eigenvalue weighted by Crippen LogP contribution is 2.45. The normalized spacial score (nSPS) is 15.0. The van der Waals surface area contributed by atoms with Crippen molar-refractivity contribution >= 4 is 35.5 Å². The van der Waals surface area contributed by atoms with E-state index in [0.717, 1.165) is 30.6 Å². The number of para-hydroxylation sites is 1. The number of thioether (sulfide) groups is 2. The molecule has 41 heavy (non-hydrogen) atoms. The first-order valence-corrected chi connectivity index (χ1v) is 18.0. The molecule has 0 radical (unpaired) electrons. The maximum atomic E-state index is 11.8. The Hall–Kier alpha value is -1.38. The number of aliphatic hydroxyl groups excluding tert-OH is 1. The molecule has 1 aliphatic carbocycles. The smallest absolute Gasteiger partial charge is 0.315 e. The quantitative estimate of drug-likeness (QED) is 0.0980. The van der Waals surface area contributed by atoms with E-state index in [1.165, 1.54) is 102 Å². The van der Waals surface area contributed by atoms with Gasteiger partial charge in [-0.3, -0.25) is 9.59 Å². The first-order valence-electron chi connectivity index (χ1n) is 15.8. The van der Waals surface area contributed by atoms with Gasteiger partial charge in [-0.25, -0.2) is 0 Å². The minimum atomic E-state index is -0.717. The van der Waals surface area contributed by atoms with E-state index >= 15 is 0 Å². The lowest BCUT2D eigenvalue weighted by atomic mass is 9.93. The molecular weight excluding hydrogens is 556 g/mol. The van der Waals surface area contributed by atoms with Crippen molar-refractivity contribution in [2.24, 2.45) is 0 Å². The van der Waals surface area contributed by atoms with Crippen LogP contribution in [-0.2, 0) is 19.1 Å². The summed E-state index contributed by atoms with van der Waals surface area (Å²) in [6, 6.07) is 6.34.